The number of aromatic amines is 1. The summed E-state index contributed by atoms with van der Waals surface area (Å²) in [7, 11) is 0. The number of nitrogens with one attached hydrogen (secondary N) is 1. The highest BCUT2D eigenvalue weighted by molar-refractivity contribution is 5.80. The highest BCUT2D eigenvalue weighted by atomic mass is 19.4. The molecule has 122 valence electrons. The summed E-state index contributed by atoms with van der Waals surface area (Å²) in [4.78, 5) is 14.1. The van der Waals surface area contributed by atoms with E-state index in [-0.39, 0.29) is 17.7 Å². The van der Waals surface area contributed by atoms with E-state index in [2.05, 4.69) is 20.6 Å². The molecule has 1 aromatic heterocycles. The van der Waals surface area contributed by atoms with Gasteiger partial charge in [0.15, 0.2) is 5.82 Å². The number of hydrogen-bond acceptors (Lipinski definition) is 4. The number of amides is 1. The van der Waals surface area contributed by atoms with E-state index < -0.39 is 18.5 Å². The monoisotopic (exact) mass is 317 g/mol. The Bertz CT molecular complexity index is 512. The molecule has 1 aromatic rings. The first kappa shape index (κ1) is 15.2. The van der Waals surface area contributed by atoms with Crippen molar-refractivity contribution in [3.8, 4) is 0 Å². The van der Waals surface area contributed by atoms with Crippen LogP contribution in [0.4, 0.5) is 13.2 Å². The molecular formula is C13H18F3N5O. The molecule has 0 spiro atoms. The standard InChI is InChI=1S/C13H18F3N5O/c14-13(15,16)5-8-2-1-3-9(4-8)12(22)21-6-10(7-21)11-17-19-20-18-11/h8-10H,1-7H2,(H,17,18,19,20). The van der Waals surface area contributed by atoms with E-state index in [1.165, 1.54) is 0 Å². The fraction of sp³-hybridized carbons (Fsp3) is 0.846. The van der Waals surface area contributed by atoms with Crippen molar-refractivity contribution in [1.82, 2.24) is 25.5 Å². The molecule has 0 bridgehead atoms. The van der Waals surface area contributed by atoms with Gasteiger partial charge in [0.2, 0.25) is 5.91 Å². The second kappa shape index (κ2) is 5.85. The number of H-pyrrole nitrogens is 1. The van der Waals surface area contributed by atoms with Crippen LogP contribution in [0, 0.1) is 11.8 Å². The molecular weight excluding hydrogens is 299 g/mol. The molecule has 1 saturated carbocycles. The third-order valence-electron chi connectivity index (χ3n) is 4.57. The van der Waals surface area contributed by atoms with Crippen LogP contribution in [-0.4, -0.2) is 50.7 Å². The van der Waals surface area contributed by atoms with Crippen molar-refractivity contribution >= 4 is 5.91 Å². The van der Waals surface area contributed by atoms with Gasteiger partial charge >= 0.3 is 6.18 Å². The molecule has 1 N–H and O–H groups in total. The van der Waals surface area contributed by atoms with E-state index in [4.69, 9.17) is 0 Å². The highest BCUT2D eigenvalue weighted by Crippen LogP contribution is 2.38. The van der Waals surface area contributed by atoms with E-state index in [1.807, 2.05) is 0 Å². The van der Waals surface area contributed by atoms with Gasteiger partial charge in [0, 0.05) is 25.4 Å². The number of carbonyl (C=O) groups is 1. The van der Waals surface area contributed by atoms with Crippen molar-refractivity contribution in [1.29, 1.82) is 0 Å². The first-order valence-electron chi connectivity index (χ1n) is 7.51. The van der Waals surface area contributed by atoms with Crippen LogP contribution in [0.1, 0.15) is 43.8 Å². The smallest absolute Gasteiger partial charge is 0.341 e. The van der Waals surface area contributed by atoms with Crippen LogP contribution in [0.5, 0.6) is 0 Å². The summed E-state index contributed by atoms with van der Waals surface area (Å²) in [6.45, 7) is 1.05. The molecule has 2 unspecified atom stereocenters. The Morgan fingerprint density at radius 3 is 2.73 bits per heavy atom. The van der Waals surface area contributed by atoms with Gasteiger partial charge in [-0.15, -0.1) is 10.2 Å². The second-order valence-corrected chi connectivity index (χ2v) is 6.26. The zero-order valence-corrected chi connectivity index (χ0v) is 12.0. The minimum Gasteiger partial charge on any atom is -0.341 e. The summed E-state index contributed by atoms with van der Waals surface area (Å²) in [5.74, 6) is -0.0455. The molecule has 22 heavy (non-hydrogen) atoms. The lowest BCUT2D eigenvalue weighted by molar-refractivity contribution is -0.153. The molecule has 2 atom stereocenters. The van der Waals surface area contributed by atoms with Gasteiger partial charge in [-0.2, -0.15) is 18.4 Å². The number of aromatic nitrogens is 4. The Morgan fingerprint density at radius 1 is 1.32 bits per heavy atom. The molecule has 6 nitrogen and oxygen atoms in total. The number of carbonyl (C=O) groups excluding carboxylic acids is 1. The van der Waals surface area contributed by atoms with E-state index in [0.29, 0.717) is 44.6 Å². The zero-order valence-electron chi connectivity index (χ0n) is 12.0. The molecule has 1 saturated heterocycles. The Morgan fingerprint density at radius 2 is 2.09 bits per heavy atom. The van der Waals surface area contributed by atoms with Crippen LogP contribution in [0.15, 0.2) is 0 Å². The summed E-state index contributed by atoms with van der Waals surface area (Å²) in [5, 5.41) is 13.6. The largest absolute Gasteiger partial charge is 0.389 e. The van der Waals surface area contributed by atoms with E-state index in [1.54, 1.807) is 4.90 Å². The summed E-state index contributed by atoms with van der Waals surface area (Å²) >= 11 is 0. The van der Waals surface area contributed by atoms with Crippen molar-refractivity contribution in [3.05, 3.63) is 5.82 Å². The molecule has 9 heteroatoms. The fourth-order valence-electron chi connectivity index (χ4n) is 3.45. The fourth-order valence-corrected chi connectivity index (χ4v) is 3.45. The van der Waals surface area contributed by atoms with Crippen LogP contribution in [0.2, 0.25) is 0 Å². The quantitative estimate of drug-likeness (QED) is 0.924. The average Bonchev–Trinajstić information content (AvgIpc) is 2.89. The number of rotatable bonds is 3. The Hall–Kier alpha value is -1.67. The number of alkyl halides is 3. The minimum absolute atomic E-state index is 0.0216. The van der Waals surface area contributed by atoms with Crippen molar-refractivity contribution in [3.63, 3.8) is 0 Å². The highest BCUT2D eigenvalue weighted by Gasteiger charge is 2.40. The Labute approximate surface area is 125 Å². The van der Waals surface area contributed by atoms with Crippen LogP contribution in [0.25, 0.3) is 0 Å². The van der Waals surface area contributed by atoms with Gasteiger partial charge < -0.3 is 4.90 Å². The number of hydrogen-bond donors (Lipinski definition) is 1. The van der Waals surface area contributed by atoms with Crippen LogP contribution in [0.3, 0.4) is 0 Å². The summed E-state index contributed by atoms with van der Waals surface area (Å²) in [6, 6.07) is 0. The predicted octanol–water partition coefficient (Wildman–Crippen LogP) is 1.88. The number of likely N-dealkylation sites (tertiary alicyclic amines) is 1. The van der Waals surface area contributed by atoms with Crippen LogP contribution in [-0.2, 0) is 4.79 Å². The van der Waals surface area contributed by atoms with Gasteiger partial charge in [0.1, 0.15) is 0 Å². The Balaban J connectivity index is 1.50. The molecule has 0 aromatic carbocycles. The van der Waals surface area contributed by atoms with E-state index >= 15 is 0 Å². The normalized spacial score (nSPS) is 26.8. The number of tetrazole rings is 1. The maximum atomic E-state index is 12.5. The topological polar surface area (TPSA) is 74.8 Å². The van der Waals surface area contributed by atoms with Crippen molar-refractivity contribution < 1.29 is 18.0 Å². The Kier molecular flexibility index (Phi) is 4.05. The predicted molar refractivity (Wildman–Crippen MR) is 69.6 cm³/mol. The first-order valence-corrected chi connectivity index (χ1v) is 7.51. The number of nitrogens with zero attached hydrogens (tertiary/aromatic N) is 4. The molecule has 2 fully saturated rings. The maximum absolute atomic E-state index is 12.5. The molecule has 1 aliphatic carbocycles. The SMILES string of the molecule is O=C(C1CCCC(CC(F)(F)F)C1)N1CC(c2nn[nH]n2)C1. The molecule has 1 aliphatic heterocycles. The lowest BCUT2D eigenvalue weighted by Crippen LogP contribution is -2.51. The lowest BCUT2D eigenvalue weighted by atomic mass is 9.78. The van der Waals surface area contributed by atoms with Gasteiger partial charge in [-0.05, 0) is 18.8 Å². The van der Waals surface area contributed by atoms with Gasteiger partial charge in [-0.1, -0.05) is 18.1 Å². The molecule has 0 radical (unpaired) electrons. The summed E-state index contributed by atoms with van der Waals surface area (Å²) < 4.78 is 37.5. The lowest BCUT2D eigenvalue weighted by Gasteiger charge is -2.41. The molecule has 2 heterocycles. The van der Waals surface area contributed by atoms with E-state index in [9.17, 15) is 18.0 Å². The van der Waals surface area contributed by atoms with Gasteiger partial charge in [0.25, 0.3) is 0 Å². The zero-order chi connectivity index (χ0) is 15.7. The van der Waals surface area contributed by atoms with Crippen LogP contribution < -0.4 is 0 Å². The van der Waals surface area contributed by atoms with Crippen LogP contribution >= 0.6 is 0 Å². The summed E-state index contributed by atoms with van der Waals surface area (Å²) in [6.07, 6.45) is -2.62. The number of halogens is 3. The third-order valence-corrected chi connectivity index (χ3v) is 4.57. The summed E-state index contributed by atoms with van der Waals surface area (Å²) in [5.41, 5.74) is 0. The van der Waals surface area contributed by atoms with Gasteiger partial charge in [0.05, 0.1) is 5.92 Å². The van der Waals surface area contributed by atoms with Gasteiger partial charge in [-0.3, -0.25) is 4.79 Å². The minimum atomic E-state index is -4.14. The second-order valence-electron chi connectivity index (χ2n) is 6.26. The molecule has 1 amide bonds. The average molecular weight is 317 g/mol. The van der Waals surface area contributed by atoms with Gasteiger partial charge in [-0.25, -0.2) is 0 Å². The molecule has 2 aliphatic rings. The van der Waals surface area contributed by atoms with E-state index in [0.717, 1.165) is 0 Å². The molecule has 3 rings (SSSR count). The van der Waals surface area contributed by atoms with Crippen molar-refractivity contribution in [2.45, 2.75) is 44.2 Å². The third kappa shape index (κ3) is 3.38. The maximum Gasteiger partial charge on any atom is 0.389 e. The van der Waals surface area contributed by atoms with Crippen molar-refractivity contribution in [2.24, 2.45) is 11.8 Å². The van der Waals surface area contributed by atoms with Crippen molar-refractivity contribution in [2.75, 3.05) is 13.1 Å². The first-order chi connectivity index (χ1) is 10.4.